The molecular weight excluding hydrogens is 336 g/mol. The number of fused-ring (bicyclic) bond motifs is 1. The van der Waals surface area contributed by atoms with E-state index in [4.69, 9.17) is 0 Å². The number of nitrogens with zero attached hydrogens (tertiary/aromatic N) is 4. The van der Waals surface area contributed by atoms with E-state index in [1.54, 1.807) is 0 Å². The molecule has 0 N–H and O–H groups in total. The number of hydrogen-bond donors (Lipinski definition) is 0. The third-order valence-corrected chi connectivity index (χ3v) is 6.02. The summed E-state index contributed by atoms with van der Waals surface area (Å²) in [5, 5.41) is 0.781. The Morgan fingerprint density at radius 3 is 2.64 bits per heavy atom. The van der Waals surface area contributed by atoms with Crippen LogP contribution in [0.4, 0.5) is 0 Å². The highest BCUT2D eigenvalue weighted by Crippen LogP contribution is 2.29. The number of carbonyl (C=O) groups excluding carboxylic acids is 1. The molecule has 1 fully saturated rings. The fourth-order valence-electron chi connectivity index (χ4n) is 3.60. The fraction of sp³-hybridized carbons (Fsp3) is 0.722. The maximum Gasteiger partial charge on any atom is 0.348 e. The Morgan fingerprint density at radius 1 is 1.16 bits per heavy atom. The molecule has 0 atom stereocenters. The molecule has 0 aromatic carbocycles. The molecule has 1 aliphatic heterocycles. The van der Waals surface area contributed by atoms with Gasteiger partial charge in [0.2, 0.25) is 5.91 Å². The average molecular weight is 365 g/mol. The second-order valence-corrected chi connectivity index (χ2v) is 8.13. The first-order valence-corrected chi connectivity index (χ1v) is 10.2. The average Bonchev–Trinajstić information content (AvgIpc) is 3.09. The minimum atomic E-state index is -0.171. The van der Waals surface area contributed by atoms with Gasteiger partial charge in [-0.05, 0) is 52.6 Å². The van der Waals surface area contributed by atoms with E-state index in [1.165, 1.54) is 23.7 Å². The van der Waals surface area contributed by atoms with Gasteiger partial charge in [0.15, 0.2) is 0 Å². The SMILES string of the molecule is CN(C)CCn1c2c(c(SCC(=O)N3CCCCC3)nc1=O)CCC2. The van der Waals surface area contributed by atoms with Gasteiger partial charge in [0, 0.05) is 37.4 Å². The lowest BCUT2D eigenvalue weighted by molar-refractivity contribution is -0.129. The highest BCUT2D eigenvalue weighted by molar-refractivity contribution is 7.99. The van der Waals surface area contributed by atoms with E-state index in [0.29, 0.717) is 12.3 Å². The molecule has 1 aromatic rings. The normalized spacial score (nSPS) is 17.2. The molecule has 2 aliphatic rings. The lowest BCUT2D eigenvalue weighted by atomic mass is 10.1. The molecule has 1 saturated heterocycles. The van der Waals surface area contributed by atoms with Crippen molar-refractivity contribution < 1.29 is 4.79 Å². The zero-order valence-corrected chi connectivity index (χ0v) is 16.1. The van der Waals surface area contributed by atoms with E-state index in [2.05, 4.69) is 9.88 Å². The summed E-state index contributed by atoms with van der Waals surface area (Å²) in [4.78, 5) is 33.2. The molecule has 1 amide bonds. The summed E-state index contributed by atoms with van der Waals surface area (Å²) in [5.41, 5.74) is 2.15. The van der Waals surface area contributed by atoms with Crippen LogP contribution in [0.25, 0.3) is 0 Å². The lowest BCUT2D eigenvalue weighted by Crippen LogP contribution is -2.37. The Bertz CT molecular complexity index is 680. The van der Waals surface area contributed by atoms with Gasteiger partial charge in [0.05, 0.1) is 5.75 Å². The number of thioether (sulfide) groups is 1. The monoisotopic (exact) mass is 364 g/mol. The number of aromatic nitrogens is 2. The van der Waals surface area contributed by atoms with Crippen LogP contribution in [-0.2, 0) is 24.2 Å². The molecule has 25 heavy (non-hydrogen) atoms. The standard InChI is InChI=1S/C18H28N4O2S/c1-20(2)11-12-22-15-8-6-7-14(15)17(19-18(22)24)25-13-16(23)21-9-4-3-5-10-21/h3-13H2,1-2H3. The zero-order chi connectivity index (χ0) is 17.8. The van der Waals surface area contributed by atoms with Crippen LogP contribution >= 0.6 is 11.8 Å². The van der Waals surface area contributed by atoms with Gasteiger partial charge in [-0.2, -0.15) is 4.98 Å². The van der Waals surface area contributed by atoms with Gasteiger partial charge in [-0.15, -0.1) is 0 Å². The van der Waals surface area contributed by atoms with Crippen molar-refractivity contribution in [3.05, 3.63) is 21.7 Å². The third-order valence-electron chi connectivity index (χ3n) is 5.01. The second kappa shape index (κ2) is 8.36. The smallest absolute Gasteiger partial charge is 0.342 e. The van der Waals surface area contributed by atoms with E-state index in [-0.39, 0.29) is 11.6 Å². The quantitative estimate of drug-likeness (QED) is 0.564. The minimum Gasteiger partial charge on any atom is -0.342 e. The van der Waals surface area contributed by atoms with Crippen molar-refractivity contribution in [2.45, 2.75) is 50.1 Å². The van der Waals surface area contributed by atoms with E-state index in [0.717, 1.165) is 62.5 Å². The zero-order valence-electron chi connectivity index (χ0n) is 15.3. The van der Waals surface area contributed by atoms with Gasteiger partial charge in [0.25, 0.3) is 0 Å². The van der Waals surface area contributed by atoms with Crippen LogP contribution in [0.15, 0.2) is 9.82 Å². The Kier molecular flexibility index (Phi) is 6.17. The van der Waals surface area contributed by atoms with Crippen molar-refractivity contribution in [1.29, 1.82) is 0 Å². The van der Waals surface area contributed by atoms with Gasteiger partial charge in [-0.1, -0.05) is 11.8 Å². The summed E-state index contributed by atoms with van der Waals surface area (Å²) in [6, 6.07) is 0. The van der Waals surface area contributed by atoms with E-state index in [1.807, 2.05) is 23.6 Å². The number of rotatable bonds is 6. The Hall–Kier alpha value is -1.34. The van der Waals surface area contributed by atoms with Gasteiger partial charge in [0.1, 0.15) is 5.03 Å². The fourth-order valence-corrected chi connectivity index (χ4v) is 4.58. The number of hydrogen-bond acceptors (Lipinski definition) is 5. The summed E-state index contributed by atoms with van der Waals surface area (Å²) < 4.78 is 1.83. The third kappa shape index (κ3) is 4.44. The van der Waals surface area contributed by atoms with Crippen molar-refractivity contribution in [3.63, 3.8) is 0 Å². The molecule has 1 aliphatic carbocycles. The van der Waals surface area contributed by atoms with Gasteiger partial charge in [-0.3, -0.25) is 9.36 Å². The number of likely N-dealkylation sites (tertiary alicyclic amines) is 1. The molecule has 3 rings (SSSR count). The Labute approximate surface area is 153 Å². The molecule has 1 aromatic heterocycles. The summed E-state index contributed by atoms with van der Waals surface area (Å²) in [6.45, 7) is 3.25. The highest BCUT2D eigenvalue weighted by atomic mass is 32.2. The van der Waals surface area contributed by atoms with Crippen LogP contribution < -0.4 is 5.69 Å². The molecule has 138 valence electrons. The van der Waals surface area contributed by atoms with Crippen LogP contribution in [0, 0.1) is 0 Å². The predicted molar refractivity (Wildman–Crippen MR) is 100 cm³/mol. The number of amides is 1. The largest absolute Gasteiger partial charge is 0.348 e. The topological polar surface area (TPSA) is 58.4 Å². The van der Waals surface area contributed by atoms with Gasteiger partial charge >= 0.3 is 5.69 Å². The van der Waals surface area contributed by atoms with Crippen molar-refractivity contribution in [2.24, 2.45) is 0 Å². The summed E-state index contributed by atoms with van der Waals surface area (Å²) >= 11 is 1.45. The molecular formula is C18H28N4O2S. The number of likely N-dealkylation sites (N-methyl/N-ethyl adjacent to an activating group) is 1. The second-order valence-electron chi connectivity index (χ2n) is 7.16. The molecule has 6 nitrogen and oxygen atoms in total. The van der Waals surface area contributed by atoms with E-state index < -0.39 is 0 Å². The maximum atomic E-state index is 12.5. The van der Waals surface area contributed by atoms with Gasteiger partial charge < -0.3 is 9.80 Å². The van der Waals surface area contributed by atoms with E-state index >= 15 is 0 Å². The van der Waals surface area contributed by atoms with Crippen LogP contribution in [0.5, 0.6) is 0 Å². The van der Waals surface area contributed by atoms with Crippen LogP contribution in [0.2, 0.25) is 0 Å². The van der Waals surface area contributed by atoms with Crippen LogP contribution in [0.3, 0.4) is 0 Å². The highest BCUT2D eigenvalue weighted by Gasteiger charge is 2.23. The molecule has 7 heteroatoms. The summed E-state index contributed by atoms with van der Waals surface area (Å²) in [7, 11) is 4.02. The van der Waals surface area contributed by atoms with Crippen molar-refractivity contribution in [1.82, 2.24) is 19.4 Å². The first-order valence-electron chi connectivity index (χ1n) is 9.24. The summed E-state index contributed by atoms with van der Waals surface area (Å²) in [5.74, 6) is 0.565. The van der Waals surface area contributed by atoms with E-state index in [9.17, 15) is 9.59 Å². The molecule has 0 bridgehead atoms. The Balaban J connectivity index is 1.72. The molecule has 2 heterocycles. The Morgan fingerprint density at radius 2 is 1.92 bits per heavy atom. The minimum absolute atomic E-state index is 0.171. The van der Waals surface area contributed by atoms with Gasteiger partial charge in [-0.25, -0.2) is 4.79 Å². The van der Waals surface area contributed by atoms with Crippen molar-refractivity contribution >= 4 is 17.7 Å². The van der Waals surface area contributed by atoms with Crippen LogP contribution in [0.1, 0.15) is 36.9 Å². The first-order chi connectivity index (χ1) is 12.1. The molecule has 0 radical (unpaired) electrons. The molecule has 0 saturated carbocycles. The van der Waals surface area contributed by atoms with Crippen molar-refractivity contribution in [3.8, 4) is 0 Å². The first kappa shape index (κ1) is 18.5. The van der Waals surface area contributed by atoms with Crippen LogP contribution in [-0.4, -0.2) is 64.7 Å². The number of piperidine rings is 1. The lowest BCUT2D eigenvalue weighted by Gasteiger charge is -2.26. The maximum absolute atomic E-state index is 12.5. The summed E-state index contributed by atoms with van der Waals surface area (Å²) in [6.07, 6.45) is 6.39. The van der Waals surface area contributed by atoms with Crippen molar-refractivity contribution in [2.75, 3.05) is 39.5 Å². The molecule has 0 unspecified atom stereocenters. The predicted octanol–water partition coefficient (Wildman–Crippen LogP) is 1.40. The molecule has 0 spiro atoms. The number of carbonyl (C=O) groups is 1.